The lowest BCUT2D eigenvalue weighted by Gasteiger charge is -2.23. The molecule has 1 aromatic carbocycles. The van der Waals surface area contributed by atoms with E-state index in [9.17, 15) is 4.79 Å². The van der Waals surface area contributed by atoms with Gasteiger partial charge >= 0.3 is 0 Å². The molecule has 1 saturated heterocycles. The number of amides is 1. The molecule has 2 aliphatic rings. The van der Waals surface area contributed by atoms with E-state index in [1.165, 1.54) is 18.4 Å². The third-order valence-corrected chi connectivity index (χ3v) is 5.50. The zero-order chi connectivity index (χ0) is 16.7. The highest BCUT2D eigenvalue weighted by atomic mass is 16.5. The molecule has 2 fully saturated rings. The van der Waals surface area contributed by atoms with Crippen molar-refractivity contribution in [3.63, 3.8) is 0 Å². The third-order valence-electron chi connectivity index (χ3n) is 5.50. The lowest BCUT2D eigenvalue weighted by atomic mass is 9.92. The Kier molecular flexibility index (Phi) is 6.27. The Hall–Kier alpha value is -1.39. The van der Waals surface area contributed by atoms with Crippen molar-refractivity contribution in [2.45, 2.75) is 38.5 Å². The maximum Gasteiger partial charge on any atom is 0.223 e. The van der Waals surface area contributed by atoms with E-state index < -0.39 is 0 Å². The smallest absolute Gasteiger partial charge is 0.223 e. The number of unbranched alkanes of at least 4 members (excludes halogenated alkanes) is 1. The fourth-order valence-corrected chi connectivity index (χ4v) is 3.80. The number of benzene rings is 1. The second-order valence-corrected chi connectivity index (χ2v) is 7.22. The highest BCUT2D eigenvalue weighted by Gasteiger charge is 2.57. The van der Waals surface area contributed by atoms with Crippen LogP contribution in [0.2, 0.25) is 0 Å². The quantitative estimate of drug-likeness (QED) is 0.684. The van der Waals surface area contributed by atoms with Gasteiger partial charge in [0.25, 0.3) is 0 Å². The summed E-state index contributed by atoms with van der Waals surface area (Å²) < 4.78 is 5.67. The van der Waals surface area contributed by atoms with Crippen LogP contribution in [0.3, 0.4) is 0 Å². The van der Waals surface area contributed by atoms with Crippen molar-refractivity contribution in [2.75, 3.05) is 32.8 Å². The standard InChI is InChI=1S/C20H30N2O2/c23-19(18-16-20(18)9-12-21-13-10-20)22-11-4-5-14-24-15-8-17-6-2-1-3-7-17/h1-3,6-7,18,21H,4-5,8-16H2,(H,22,23). The van der Waals surface area contributed by atoms with Crippen molar-refractivity contribution in [3.05, 3.63) is 35.9 Å². The number of hydrogen-bond donors (Lipinski definition) is 2. The lowest BCUT2D eigenvalue weighted by molar-refractivity contribution is -0.123. The largest absolute Gasteiger partial charge is 0.381 e. The number of hydrogen-bond acceptors (Lipinski definition) is 3. The van der Waals surface area contributed by atoms with Crippen LogP contribution in [0.15, 0.2) is 30.3 Å². The average molecular weight is 330 g/mol. The molecule has 1 heterocycles. The zero-order valence-corrected chi connectivity index (χ0v) is 14.6. The molecule has 1 amide bonds. The first kappa shape index (κ1) is 17.4. The van der Waals surface area contributed by atoms with Gasteiger partial charge in [0.15, 0.2) is 0 Å². The summed E-state index contributed by atoms with van der Waals surface area (Å²) in [5.41, 5.74) is 1.66. The first-order valence-corrected chi connectivity index (χ1v) is 9.40. The molecule has 3 rings (SSSR count). The summed E-state index contributed by atoms with van der Waals surface area (Å²) in [5, 5.41) is 6.50. The SMILES string of the molecule is O=C(NCCCCOCCc1ccccc1)C1CC12CCNCC2. The molecule has 2 N–H and O–H groups in total. The second kappa shape index (κ2) is 8.63. The second-order valence-electron chi connectivity index (χ2n) is 7.22. The average Bonchev–Trinajstić information content (AvgIpc) is 3.31. The van der Waals surface area contributed by atoms with Crippen LogP contribution in [0.25, 0.3) is 0 Å². The molecule has 1 aliphatic heterocycles. The minimum absolute atomic E-state index is 0.279. The number of carbonyl (C=O) groups excluding carboxylic acids is 1. The van der Waals surface area contributed by atoms with Gasteiger partial charge in [-0.1, -0.05) is 30.3 Å². The van der Waals surface area contributed by atoms with Crippen LogP contribution in [-0.4, -0.2) is 38.8 Å². The number of nitrogens with one attached hydrogen (secondary N) is 2. The van der Waals surface area contributed by atoms with Gasteiger partial charge in [-0.3, -0.25) is 4.79 Å². The van der Waals surface area contributed by atoms with E-state index in [1.807, 2.05) is 6.07 Å². The molecule has 1 aliphatic carbocycles. The van der Waals surface area contributed by atoms with Crippen LogP contribution in [0.5, 0.6) is 0 Å². The molecule has 0 aromatic heterocycles. The van der Waals surface area contributed by atoms with Crippen molar-refractivity contribution >= 4 is 5.91 Å². The first-order valence-electron chi connectivity index (χ1n) is 9.40. The summed E-state index contributed by atoms with van der Waals surface area (Å²) in [6.45, 7) is 4.48. The van der Waals surface area contributed by atoms with E-state index in [4.69, 9.17) is 4.74 Å². The molecule has 1 saturated carbocycles. The van der Waals surface area contributed by atoms with Crippen LogP contribution in [0.4, 0.5) is 0 Å². The van der Waals surface area contributed by atoms with Gasteiger partial charge in [-0.2, -0.15) is 0 Å². The number of ether oxygens (including phenoxy) is 1. The topological polar surface area (TPSA) is 50.4 Å². The Labute approximate surface area is 145 Å². The van der Waals surface area contributed by atoms with Gasteiger partial charge in [0, 0.05) is 19.1 Å². The molecular formula is C20H30N2O2. The summed E-state index contributed by atoms with van der Waals surface area (Å²) in [7, 11) is 0. The van der Waals surface area contributed by atoms with Gasteiger partial charge in [-0.15, -0.1) is 0 Å². The van der Waals surface area contributed by atoms with Crippen molar-refractivity contribution in [1.82, 2.24) is 10.6 Å². The summed E-state index contributed by atoms with van der Waals surface area (Å²) in [6.07, 6.45) is 6.41. The van der Waals surface area contributed by atoms with Gasteiger partial charge in [-0.25, -0.2) is 0 Å². The number of piperidine rings is 1. The van der Waals surface area contributed by atoms with Crippen LogP contribution in [-0.2, 0) is 16.0 Å². The number of rotatable bonds is 9. The predicted molar refractivity (Wildman–Crippen MR) is 95.9 cm³/mol. The van der Waals surface area contributed by atoms with E-state index in [0.717, 1.165) is 58.5 Å². The van der Waals surface area contributed by atoms with Crippen molar-refractivity contribution in [1.29, 1.82) is 0 Å². The van der Waals surface area contributed by atoms with E-state index in [0.29, 0.717) is 5.41 Å². The molecule has 24 heavy (non-hydrogen) atoms. The Morgan fingerprint density at radius 3 is 2.75 bits per heavy atom. The number of carbonyl (C=O) groups is 1. The Balaban J connectivity index is 1.18. The molecule has 0 radical (unpaired) electrons. The molecule has 1 atom stereocenters. The Morgan fingerprint density at radius 2 is 1.96 bits per heavy atom. The highest BCUT2D eigenvalue weighted by molar-refractivity contribution is 5.82. The summed E-state index contributed by atoms with van der Waals surface area (Å²) in [5.74, 6) is 0.559. The Bertz CT molecular complexity index is 512. The molecule has 1 unspecified atom stereocenters. The fourth-order valence-electron chi connectivity index (χ4n) is 3.80. The van der Waals surface area contributed by atoms with Gasteiger partial charge < -0.3 is 15.4 Å². The normalized spacial score (nSPS) is 21.6. The maximum absolute atomic E-state index is 12.2. The molecule has 4 heteroatoms. The van der Waals surface area contributed by atoms with Crippen LogP contribution in [0, 0.1) is 11.3 Å². The predicted octanol–water partition coefficient (Wildman–Crippen LogP) is 2.53. The van der Waals surface area contributed by atoms with Crippen molar-refractivity contribution in [2.24, 2.45) is 11.3 Å². The maximum atomic E-state index is 12.2. The van der Waals surface area contributed by atoms with Crippen molar-refractivity contribution < 1.29 is 9.53 Å². The van der Waals surface area contributed by atoms with Crippen LogP contribution < -0.4 is 10.6 Å². The highest BCUT2D eigenvalue weighted by Crippen LogP contribution is 2.58. The van der Waals surface area contributed by atoms with Gasteiger partial charge in [0.05, 0.1) is 6.61 Å². The van der Waals surface area contributed by atoms with Gasteiger partial charge in [0.1, 0.15) is 0 Å². The lowest BCUT2D eigenvalue weighted by Crippen LogP contribution is -2.34. The fraction of sp³-hybridized carbons (Fsp3) is 0.650. The molecule has 1 aromatic rings. The van der Waals surface area contributed by atoms with Crippen LogP contribution in [0.1, 0.15) is 37.7 Å². The minimum Gasteiger partial charge on any atom is -0.381 e. The zero-order valence-electron chi connectivity index (χ0n) is 14.6. The van der Waals surface area contributed by atoms with E-state index in [-0.39, 0.29) is 11.8 Å². The summed E-state index contributed by atoms with van der Waals surface area (Å²) >= 11 is 0. The third kappa shape index (κ3) is 4.81. The summed E-state index contributed by atoms with van der Waals surface area (Å²) in [4.78, 5) is 12.2. The van der Waals surface area contributed by atoms with Gasteiger partial charge in [-0.05, 0) is 62.6 Å². The van der Waals surface area contributed by atoms with Gasteiger partial charge in [0.2, 0.25) is 5.91 Å². The molecule has 0 bridgehead atoms. The molecule has 4 nitrogen and oxygen atoms in total. The molecule has 132 valence electrons. The van der Waals surface area contributed by atoms with E-state index in [1.54, 1.807) is 0 Å². The monoisotopic (exact) mass is 330 g/mol. The summed E-state index contributed by atoms with van der Waals surface area (Å²) in [6, 6.07) is 10.4. The first-order chi connectivity index (χ1) is 11.8. The minimum atomic E-state index is 0.279. The van der Waals surface area contributed by atoms with E-state index in [2.05, 4.69) is 34.9 Å². The Morgan fingerprint density at radius 1 is 1.17 bits per heavy atom. The molecular weight excluding hydrogens is 300 g/mol. The van der Waals surface area contributed by atoms with Crippen molar-refractivity contribution in [3.8, 4) is 0 Å². The van der Waals surface area contributed by atoms with Crippen LogP contribution >= 0.6 is 0 Å². The van der Waals surface area contributed by atoms with E-state index >= 15 is 0 Å². The molecule has 1 spiro atoms.